The first kappa shape index (κ1) is 11.4. The second-order valence-corrected chi connectivity index (χ2v) is 5.53. The van der Waals surface area contributed by atoms with Gasteiger partial charge in [0, 0.05) is 6.04 Å². The van der Waals surface area contributed by atoms with Crippen molar-refractivity contribution in [2.24, 2.45) is 11.8 Å². The van der Waals surface area contributed by atoms with Crippen molar-refractivity contribution in [3.8, 4) is 0 Å². The van der Waals surface area contributed by atoms with Crippen LogP contribution in [0.15, 0.2) is 0 Å². The van der Waals surface area contributed by atoms with Gasteiger partial charge in [-0.15, -0.1) is 0 Å². The van der Waals surface area contributed by atoms with Crippen molar-refractivity contribution >= 4 is 0 Å². The van der Waals surface area contributed by atoms with Crippen LogP contribution < -0.4 is 5.32 Å². The van der Waals surface area contributed by atoms with Crippen LogP contribution in [0.3, 0.4) is 0 Å². The first-order chi connectivity index (χ1) is 7.42. The van der Waals surface area contributed by atoms with E-state index in [0.29, 0.717) is 0 Å². The molecule has 1 N–H and O–H groups in total. The second-order valence-electron chi connectivity index (χ2n) is 5.53. The van der Waals surface area contributed by atoms with Gasteiger partial charge in [0.2, 0.25) is 0 Å². The van der Waals surface area contributed by atoms with Gasteiger partial charge in [-0.05, 0) is 44.1 Å². The summed E-state index contributed by atoms with van der Waals surface area (Å²) in [6, 6.07) is 0.863. The highest BCUT2D eigenvalue weighted by atomic mass is 14.9. The first-order valence-corrected chi connectivity index (χ1v) is 7.15. The smallest absolute Gasteiger partial charge is 0.0123 e. The van der Waals surface area contributed by atoms with E-state index in [9.17, 15) is 0 Å². The SMILES string of the molecule is CCNC(C1CCCCCC1)C1CCC1. The maximum atomic E-state index is 3.78. The van der Waals surface area contributed by atoms with Crippen LogP contribution in [0.2, 0.25) is 0 Å². The maximum absolute atomic E-state index is 3.78. The van der Waals surface area contributed by atoms with E-state index in [1.54, 1.807) is 0 Å². The lowest BCUT2D eigenvalue weighted by molar-refractivity contribution is 0.164. The summed E-state index contributed by atoms with van der Waals surface area (Å²) >= 11 is 0. The van der Waals surface area contributed by atoms with E-state index < -0.39 is 0 Å². The molecule has 0 aliphatic heterocycles. The summed E-state index contributed by atoms with van der Waals surface area (Å²) in [7, 11) is 0. The first-order valence-electron chi connectivity index (χ1n) is 7.15. The Morgan fingerprint density at radius 3 is 1.80 bits per heavy atom. The van der Waals surface area contributed by atoms with Crippen molar-refractivity contribution in [2.75, 3.05) is 6.54 Å². The van der Waals surface area contributed by atoms with Crippen LogP contribution >= 0.6 is 0 Å². The molecule has 88 valence electrons. The lowest BCUT2D eigenvalue weighted by atomic mass is 9.73. The fourth-order valence-corrected chi connectivity index (χ4v) is 3.42. The molecule has 0 bridgehead atoms. The van der Waals surface area contributed by atoms with E-state index in [0.717, 1.165) is 24.4 Å². The normalized spacial score (nSPS) is 27.0. The Morgan fingerprint density at radius 2 is 1.40 bits per heavy atom. The van der Waals surface area contributed by atoms with Crippen molar-refractivity contribution in [1.82, 2.24) is 5.32 Å². The van der Waals surface area contributed by atoms with Crippen molar-refractivity contribution in [3.63, 3.8) is 0 Å². The second kappa shape index (κ2) is 5.89. The van der Waals surface area contributed by atoms with Crippen LogP contribution in [0, 0.1) is 11.8 Å². The molecule has 0 spiro atoms. The average Bonchev–Trinajstić information content (AvgIpc) is 2.42. The van der Waals surface area contributed by atoms with E-state index in [1.165, 1.54) is 57.8 Å². The monoisotopic (exact) mass is 209 g/mol. The van der Waals surface area contributed by atoms with Crippen molar-refractivity contribution < 1.29 is 0 Å². The number of rotatable bonds is 4. The zero-order valence-corrected chi connectivity index (χ0v) is 10.3. The van der Waals surface area contributed by atoms with Gasteiger partial charge in [-0.3, -0.25) is 0 Å². The summed E-state index contributed by atoms with van der Waals surface area (Å²) in [5, 5.41) is 3.78. The molecule has 2 rings (SSSR count). The van der Waals surface area contributed by atoms with Crippen LogP contribution in [0.5, 0.6) is 0 Å². The molecule has 0 radical (unpaired) electrons. The van der Waals surface area contributed by atoms with Crippen LogP contribution in [-0.2, 0) is 0 Å². The molecule has 2 aliphatic carbocycles. The fourth-order valence-electron chi connectivity index (χ4n) is 3.42. The van der Waals surface area contributed by atoms with E-state index in [2.05, 4.69) is 12.2 Å². The Bertz CT molecular complexity index is 166. The topological polar surface area (TPSA) is 12.0 Å². The Morgan fingerprint density at radius 1 is 0.867 bits per heavy atom. The third-order valence-corrected chi connectivity index (χ3v) is 4.51. The van der Waals surface area contributed by atoms with E-state index in [4.69, 9.17) is 0 Å². The molecule has 0 aromatic rings. The molecule has 1 unspecified atom stereocenters. The summed E-state index contributed by atoms with van der Waals surface area (Å²) in [6.07, 6.45) is 13.4. The molecule has 1 atom stereocenters. The number of nitrogens with one attached hydrogen (secondary N) is 1. The minimum atomic E-state index is 0.863. The number of hydrogen-bond donors (Lipinski definition) is 1. The van der Waals surface area contributed by atoms with Gasteiger partial charge < -0.3 is 5.32 Å². The average molecular weight is 209 g/mol. The van der Waals surface area contributed by atoms with Crippen molar-refractivity contribution in [2.45, 2.75) is 70.8 Å². The van der Waals surface area contributed by atoms with Crippen molar-refractivity contribution in [1.29, 1.82) is 0 Å². The Labute approximate surface area is 95.0 Å². The summed E-state index contributed by atoms with van der Waals surface area (Å²) in [6.45, 7) is 3.43. The van der Waals surface area contributed by atoms with Crippen molar-refractivity contribution in [3.05, 3.63) is 0 Å². The van der Waals surface area contributed by atoms with Gasteiger partial charge in [-0.25, -0.2) is 0 Å². The highest BCUT2D eigenvalue weighted by Gasteiger charge is 2.32. The van der Waals surface area contributed by atoms with Crippen LogP contribution in [-0.4, -0.2) is 12.6 Å². The zero-order chi connectivity index (χ0) is 10.5. The van der Waals surface area contributed by atoms with Gasteiger partial charge in [0.15, 0.2) is 0 Å². The molecular weight excluding hydrogens is 182 g/mol. The standard InChI is InChI=1S/C14H27N/c1-2-15-14(13-10-7-11-13)12-8-5-3-4-6-9-12/h12-15H,2-11H2,1H3. The molecule has 1 heteroatoms. The predicted molar refractivity (Wildman–Crippen MR) is 66.0 cm³/mol. The Balaban J connectivity index is 1.88. The predicted octanol–water partition coefficient (Wildman–Crippen LogP) is 3.74. The molecule has 0 aromatic heterocycles. The van der Waals surface area contributed by atoms with Gasteiger partial charge in [0.05, 0.1) is 0 Å². The van der Waals surface area contributed by atoms with E-state index in [-0.39, 0.29) is 0 Å². The molecular formula is C14H27N. The summed E-state index contributed by atoms with van der Waals surface area (Å²) in [4.78, 5) is 0. The van der Waals surface area contributed by atoms with Gasteiger partial charge >= 0.3 is 0 Å². The third-order valence-electron chi connectivity index (χ3n) is 4.51. The van der Waals surface area contributed by atoms with Gasteiger partial charge in [-0.1, -0.05) is 39.0 Å². The van der Waals surface area contributed by atoms with Crippen LogP contribution in [0.4, 0.5) is 0 Å². The lowest BCUT2D eigenvalue weighted by Crippen LogP contribution is -2.44. The molecule has 15 heavy (non-hydrogen) atoms. The molecule has 0 aromatic carbocycles. The molecule has 2 aliphatic rings. The van der Waals surface area contributed by atoms with Gasteiger partial charge in [-0.2, -0.15) is 0 Å². The molecule has 2 fully saturated rings. The largest absolute Gasteiger partial charge is 0.314 e. The zero-order valence-electron chi connectivity index (χ0n) is 10.3. The summed E-state index contributed by atoms with van der Waals surface area (Å²) < 4.78 is 0. The maximum Gasteiger partial charge on any atom is 0.0123 e. The van der Waals surface area contributed by atoms with Gasteiger partial charge in [0.1, 0.15) is 0 Å². The Hall–Kier alpha value is -0.0400. The van der Waals surface area contributed by atoms with Crippen LogP contribution in [0.1, 0.15) is 64.7 Å². The highest BCUT2D eigenvalue weighted by molar-refractivity contribution is 4.88. The van der Waals surface area contributed by atoms with Gasteiger partial charge in [0.25, 0.3) is 0 Å². The van der Waals surface area contributed by atoms with E-state index in [1.807, 2.05) is 0 Å². The summed E-state index contributed by atoms with van der Waals surface area (Å²) in [5.74, 6) is 2.02. The van der Waals surface area contributed by atoms with E-state index >= 15 is 0 Å². The molecule has 2 saturated carbocycles. The molecule has 0 saturated heterocycles. The fraction of sp³-hybridized carbons (Fsp3) is 1.00. The highest BCUT2D eigenvalue weighted by Crippen LogP contribution is 2.37. The quantitative estimate of drug-likeness (QED) is 0.696. The molecule has 1 nitrogen and oxygen atoms in total. The minimum Gasteiger partial charge on any atom is -0.314 e. The van der Waals surface area contributed by atoms with Crippen LogP contribution in [0.25, 0.3) is 0 Å². The Kier molecular flexibility index (Phi) is 4.49. The molecule has 0 heterocycles. The number of hydrogen-bond acceptors (Lipinski definition) is 1. The third kappa shape index (κ3) is 2.96. The minimum absolute atomic E-state index is 0.863. The molecule has 0 amide bonds. The lowest BCUT2D eigenvalue weighted by Gasteiger charge is -2.39. The summed E-state index contributed by atoms with van der Waals surface area (Å²) in [5.41, 5.74) is 0.